The summed E-state index contributed by atoms with van der Waals surface area (Å²) in [7, 11) is 1.44. The van der Waals surface area contributed by atoms with Crippen LogP contribution in [0.25, 0.3) is 21.5 Å². The molecule has 1 N–H and O–H groups in total. The molecule has 1 atom stereocenters. The molecule has 1 fully saturated rings. The predicted octanol–water partition coefficient (Wildman–Crippen LogP) is 3.52. The third-order valence-electron chi connectivity index (χ3n) is 5.67. The zero-order valence-corrected chi connectivity index (χ0v) is 19.0. The van der Waals surface area contributed by atoms with Crippen LogP contribution in [0, 0.1) is 12.7 Å². The molecular formula is C23H22FN5O3S. The topological polar surface area (TPSA) is 93.5 Å². The van der Waals surface area contributed by atoms with E-state index < -0.39 is 11.9 Å². The molecule has 10 heteroatoms. The van der Waals surface area contributed by atoms with Crippen LogP contribution >= 0.6 is 11.3 Å². The molecule has 3 aromatic heterocycles. The summed E-state index contributed by atoms with van der Waals surface area (Å²) >= 11 is 1.52. The van der Waals surface area contributed by atoms with E-state index in [0.29, 0.717) is 35.9 Å². The van der Waals surface area contributed by atoms with Crippen LogP contribution in [0.3, 0.4) is 0 Å². The van der Waals surface area contributed by atoms with Crippen molar-refractivity contribution in [1.29, 1.82) is 0 Å². The lowest BCUT2D eigenvalue weighted by molar-refractivity contribution is 0.123. The van der Waals surface area contributed by atoms with Crippen LogP contribution in [0.15, 0.2) is 36.9 Å². The first kappa shape index (κ1) is 21.6. The van der Waals surface area contributed by atoms with Gasteiger partial charge >= 0.3 is 0 Å². The number of hydrogen-bond acceptors (Lipinski definition) is 9. The molecule has 1 unspecified atom stereocenters. The monoisotopic (exact) mass is 467 g/mol. The van der Waals surface area contributed by atoms with E-state index in [1.165, 1.54) is 37.0 Å². The van der Waals surface area contributed by atoms with Crippen LogP contribution in [0.4, 0.5) is 9.39 Å². The molecule has 0 bridgehead atoms. The number of thiophene rings is 1. The van der Waals surface area contributed by atoms with Crippen LogP contribution < -0.4 is 9.64 Å². The molecule has 0 radical (unpaired) electrons. The fourth-order valence-corrected chi connectivity index (χ4v) is 5.12. The Kier molecular flexibility index (Phi) is 5.88. The number of anilines is 1. The number of aliphatic hydroxyl groups is 1. The molecule has 0 amide bonds. The Morgan fingerprint density at radius 1 is 1.12 bits per heavy atom. The van der Waals surface area contributed by atoms with Crippen molar-refractivity contribution in [3.8, 4) is 17.0 Å². The highest BCUT2D eigenvalue weighted by molar-refractivity contribution is 7.23. The molecule has 33 heavy (non-hydrogen) atoms. The van der Waals surface area contributed by atoms with Crippen LogP contribution in [0.1, 0.15) is 23.1 Å². The molecule has 1 aliphatic rings. The Morgan fingerprint density at radius 2 is 1.91 bits per heavy atom. The molecule has 4 heterocycles. The Hall–Kier alpha value is -3.21. The van der Waals surface area contributed by atoms with Crippen LogP contribution in [0.2, 0.25) is 0 Å². The molecule has 5 rings (SSSR count). The Labute approximate surface area is 193 Å². The SMILES string of the molecule is COc1cc(F)c(-c2ncnc3cc(N4CCOCC4)sc23)cc1C(O)c1nccnc1C. The molecule has 0 spiro atoms. The number of aliphatic hydroxyl groups excluding tert-OH is 1. The van der Waals surface area contributed by atoms with E-state index in [9.17, 15) is 5.11 Å². The number of nitrogens with zero attached hydrogens (tertiary/aromatic N) is 5. The lowest BCUT2D eigenvalue weighted by Gasteiger charge is -2.27. The zero-order chi connectivity index (χ0) is 22.9. The third kappa shape index (κ3) is 4.01. The van der Waals surface area contributed by atoms with Crippen molar-refractivity contribution in [2.24, 2.45) is 0 Å². The number of morpholine rings is 1. The quantitative estimate of drug-likeness (QED) is 0.477. The number of methoxy groups -OCH3 is 1. The van der Waals surface area contributed by atoms with E-state index in [2.05, 4.69) is 24.8 Å². The smallest absolute Gasteiger partial charge is 0.136 e. The van der Waals surface area contributed by atoms with E-state index in [-0.39, 0.29) is 11.3 Å². The number of fused-ring (bicyclic) bond motifs is 1. The fourth-order valence-electron chi connectivity index (χ4n) is 3.95. The minimum absolute atomic E-state index is 0.222. The number of aromatic nitrogens is 4. The van der Waals surface area contributed by atoms with Crippen molar-refractivity contribution in [3.05, 3.63) is 59.7 Å². The van der Waals surface area contributed by atoms with E-state index in [1.807, 2.05) is 6.07 Å². The summed E-state index contributed by atoms with van der Waals surface area (Å²) < 4.78 is 26.9. The maximum absolute atomic E-state index is 15.3. The molecule has 1 saturated heterocycles. The van der Waals surface area contributed by atoms with E-state index in [4.69, 9.17) is 9.47 Å². The summed E-state index contributed by atoms with van der Waals surface area (Å²) in [5.41, 5.74) is 2.81. The average Bonchev–Trinajstić information content (AvgIpc) is 3.29. The van der Waals surface area contributed by atoms with E-state index in [1.54, 1.807) is 19.2 Å². The predicted molar refractivity (Wildman–Crippen MR) is 123 cm³/mol. The molecule has 8 nitrogen and oxygen atoms in total. The number of benzene rings is 1. The maximum Gasteiger partial charge on any atom is 0.136 e. The van der Waals surface area contributed by atoms with Gasteiger partial charge in [-0.1, -0.05) is 0 Å². The van der Waals surface area contributed by atoms with Gasteiger partial charge in [0.1, 0.15) is 24.0 Å². The highest BCUT2D eigenvalue weighted by atomic mass is 32.1. The summed E-state index contributed by atoms with van der Waals surface area (Å²) in [6.07, 6.45) is 3.35. The van der Waals surface area contributed by atoms with Gasteiger partial charge in [-0.2, -0.15) is 0 Å². The summed E-state index contributed by atoms with van der Waals surface area (Å²) in [4.78, 5) is 19.5. The molecular weight excluding hydrogens is 445 g/mol. The normalized spacial score (nSPS) is 15.1. The summed E-state index contributed by atoms with van der Waals surface area (Å²) in [5.74, 6) is -0.278. The van der Waals surface area contributed by atoms with Crippen molar-refractivity contribution in [2.75, 3.05) is 38.3 Å². The third-order valence-corrected chi connectivity index (χ3v) is 6.86. The summed E-state index contributed by atoms with van der Waals surface area (Å²) in [6, 6.07) is 4.84. The fraction of sp³-hybridized carbons (Fsp3) is 0.304. The van der Waals surface area contributed by atoms with Crippen LogP contribution in [-0.2, 0) is 4.74 Å². The first-order valence-corrected chi connectivity index (χ1v) is 11.3. The van der Waals surface area contributed by atoms with Crippen molar-refractivity contribution in [1.82, 2.24) is 19.9 Å². The van der Waals surface area contributed by atoms with Crippen molar-refractivity contribution in [3.63, 3.8) is 0 Å². The Bertz CT molecular complexity index is 1310. The number of aryl methyl sites for hydroxylation is 1. The largest absolute Gasteiger partial charge is 0.496 e. The molecule has 0 saturated carbocycles. The first-order valence-electron chi connectivity index (χ1n) is 10.5. The summed E-state index contributed by atoms with van der Waals surface area (Å²) in [5, 5.41) is 12.1. The standard InChI is InChI=1S/C23H22FN5O3S/c1-13-20(26-4-3-25-13)22(30)15-9-14(16(24)10-18(15)31-2)21-23-17(27-12-28-21)11-19(33-23)29-5-7-32-8-6-29/h3-4,9-12,22,30H,5-8H2,1-2H3. The zero-order valence-electron chi connectivity index (χ0n) is 18.2. The van der Waals surface area contributed by atoms with Gasteiger partial charge in [0.15, 0.2) is 0 Å². The van der Waals surface area contributed by atoms with Gasteiger partial charge in [0, 0.05) is 42.7 Å². The minimum Gasteiger partial charge on any atom is -0.496 e. The van der Waals surface area contributed by atoms with Crippen molar-refractivity contribution >= 4 is 26.6 Å². The van der Waals surface area contributed by atoms with Crippen LogP contribution in [-0.4, -0.2) is 58.5 Å². The molecule has 170 valence electrons. The molecule has 0 aliphatic carbocycles. The molecule has 1 aromatic carbocycles. The minimum atomic E-state index is -1.14. The highest BCUT2D eigenvalue weighted by Gasteiger charge is 2.24. The van der Waals surface area contributed by atoms with Gasteiger partial charge in [-0.3, -0.25) is 9.97 Å². The average molecular weight is 468 g/mol. The number of hydrogen-bond donors (Lipinski definition) is 1. The van der Waals surface area contributed by atoms with Gasteiger partial charge < -0.3 is 19.5 Å². The Balaban J connectivity index is 1.63. The van der Waals surface area contributed by atoms with Gasteiger partial charge in [-0.15, -0.1) is 11.3 Å². The van der Waals surface area contributed by atoms with E-state index in [0.717, 1.165) is 28.3 Å². The lowest BCUT2D eigenvalue weighted by Crippen LogP contribution is -2.35. The summed E-state index contributed by atoms with van der Waals surface area (Å²) in [6.45, 7) is 4.68. The number of ether oxygens (including phenoxy) is 2. The highest BCUT2D eigenvalue weighted by Crippen LogP contribution is 2.40. The second-order valence-corrected chi connectivity index (χ2v) is 8.65. The molecule has 1 aliphatic heterocycles. The second-order valence-electron chi connectivity index (χ2n) is 7.62. The first-order chi connectivity index (χ1) is 16.1. The number of rotatable bonds is 5. The van der Waals surface area contributed by atoms with Gasteiger partial charge in [0.2, 0.25) is 0 Å². The Morgan fingerprint density at radius 3 is 2.67 bits per heavy atom. The number of halogens is 1. The van der Waals surface area contributed by atoms with Crippen LogP contribution in [0.5, 0.6) is 5.75 Å². The van der Waals surface area contributed by atoms with Crippen molar-refractivity contribution in [2.45, 2.75) is 13.0 Å². The van der Waals surface area contributed by atoms with Crippen molar-refractivity contribution < 1.29 is 19.0 Å². The van der Waals surface area contributed by atoms with Gasteiger partial charge in [-0.05, 0) is 19.1 Å². The molecule has 4 aromatic rings. The van der Waals surface area contributed by atoms with Gasteiger partial charge in [-0.25, -0.2) is 14.4 Å². The second kappa shape index (κ2) is 8.97. The lowest BCUT2D eigenvalue weighted by atomic mass is 9.99. The van der Waals surface area contributed by atoms with Gasteiger partial charge in [0.25, 0.3) is 0 Å². The maximum atomic E-state index is 15.3. The van der Waals surface area contributed by atoms with E-state index >= 15 is 4.39 Å². The van der Waals surface area contributed by atoms with Gasteiger partial charge in [0.05, 0.1) is 52.6 Å².